The molecule has 6 heteroatoms. The molecule has 1 saturated heterocycles. The van der Waals surface area contributed by atoms with Crippen molar-refractivity contribution >= 4 is 12.0 Å². The molecule has 3 rings (SSSR count). The van der Waals surface area contributed by atoms with Crippen LogP contribution in [0.4, 0.5) is 4.79 Å². The van der Waals surface area contributed by atoms with Crippen molar-refractivity contribution in [2.45, 2.75) is 19.1 Å². The molecule has 6 nitrogen and oxygen atoms in total. The lowest BCUT2D eigenvalue weighted by Crippen LogP contribution is -3.12. The molecule has 148 valence electrons. The predicted molar refractivity (Wildman–Crippen MR) is 107 cm³/mol. The number of carbonyl (C=O) groups excluding carboxylic acids is 2. The first-order valence-corrected chi connectivity index (χ1v) is 9.73. The van der Waals surface area contributed by atoms with Gasteiger partial charge in [-0.2, -0.15) is 0 Å². The van der Waals surface area contributed by atoms with Crippen molar-refractivity contribution in [2.75, 3.05) is 33.2 Å². The number of rotatable bonds is 6. The van der Waals surface area contributed by atoms with Crippen molar-refractivity contribution in [2.24, 2.45) is 0 Å². The van der Waals surface area contributed by atoms with E-state index in [4.69, 9.17) is 4.74 Å². The maximum Gasteiger partial charge on any atom is 0.408 e. The number of piperazine rings is 1. The first-order chi connectivity index (χ1) is 13.6. The maximum atomic E-state index is 13.1. The second kappa shape index (κ2) is 9.90. The Kier molecular flexibility index (Phi) is 7.03. The first-order valence-electron chi connectivity index (χ1n) is 9.73. The minimum Gasteiger partial charge on any atom is -0.445 e. The smallest absolute Gasteiger partial charge is 0.408 e. The van der Waals surface area contributed by atoms with Crippen LogP contribution >= 0.6 is 0 Å². The third kappa shape index (κ3) is 5.82. The van der Waals surface area contributed by atoms with Gasteiger partial charge in [-0.25, -0.2) is 4.79 Å². The van der Waals surface area contributed by atoms with Crippen LogP contribution in [0.1, 0.15) is 11.1 Å². The summed E-state index contributed by atoms with van der Waals surface area (Å²) in [5.74, 6) is -0.0481. The number of likely N-dealkylation sites (N-methyl/N-ethyl adjacent to an activating group) is 1. The number of quaternary nitrogens is 1. The fourth-order valence-corrected chi connectivity index (χ4v) is 3.29. The summed E-state index contributed by atoms with van der Waals surface area (Å²) in [5.41, 5.74) is 1.91. The molecular weight excluding hydrogens is 354 g/mol. The Morgan fingerprint density at radius 1 is 1.00 bits per heavy atom. The highest BCUT2D eigenvalue weighted by atomic mass is 16.5. The quantitative estimate of drug-likeness (QED) is 0.780. The molecule has 0 saturated carbocycles. The Morgan fingerprint density at radius 3 is 2.18 bits per heavy atom. The van der Waals surface area contributed by atoms with Gasteiger partial charge in [0.15, 0.2) is 0 Å². The normalized spacial score (nSPS) is 15.7. The van der Waals surface area contributed by atoms with Crippen LogP contribution in [0.15, 0.2) is 60.7 Å². The third-order valence-corrected chi connectivity index (χ3v) is 5.01. The van der Waals surface area contributed by atoms with E-state index in [-0.39, 0.29) is 12.5 Å². The number of ether oxygens (including phenoxy) is 1. The minimum atomic E-state index is -0.635. The van der Waals surface area contributed by atoms with E-state index in [9.17, 15) is 9.59 Å². The second-order valence-electron chi connectivity index (χ2n) is 7.23. The summed E-state index contributed by atoms with van der Waals surface area (Å²) in [7, 11) is 2.13. The molecule has 1 heterocycles. The molecule has 0 bridgehead atoms. The van der Waals surface area contributed by atoms with Crippen LogP contribution in [0.5, 0.6) is 0 Å². The summed E-state index contributed by atoms with van der Waals surface area (Å²) in [5, 5.41) is 2.78. The number of nitrogens with zero attached hydrogens (tertiary/aromatic N) is 1. The van der Waals surface area contributed by atoms with Crippen LogP contribution in [-0.2, 0) is 22.6 Å². The summed E-state index contributed by atoms with van der Waals surface area (Å²) in [6.07, 6.45) is -0.128. The summed E-state index contributed by atoms with van der Waals surface area (Å²) in [4.78, 5) is 28.7. The Balaban J connectivity index is 1.63. The molecule has 0 aliphatic carbocycles. The van der Waals surface area contributed by atoms with Gasteiger partial charge in [0, 0.05) is 6.42 Å². The van der Waals surface area contributed by atoms with E-state index < -0.39 is 12.1 Å². The Hall–Kier alpha value is -2.86. The topological polar surface area (TPSA) is 63.1 Å². The molecule has 0 spiro atoms. The van der Waals surface area contributed by atoms with Crippen molar-refractivity contribution in [3.63, 3.8) is 0 Å². The van der Waals surface area contributed by atoms with E-state index in [0.717, 1.165) is 24.2 Å². The Bertz CT molecular complexity index is 759. The first kappa shape index (κ1) is 19.9. The van der Waals surface area contributed by atoms with Crippen LogP contribution in [0, 0.1) is 0 Å². The van der Waals surface area contributed by atoms with Crippen LogP contribution in [0.25, 0.3) is 0 Å². The number of alkyl carbamates (subject to hydrolysis) is 1. The lowest BCUT2D eigenvalue weighted by atomic mass is 10.0. The molecule has 2 aromatic carbocycles. The molecule has 1 atom stereocenters. The summed E-state index contributed by atoms with van der Waals surface area (Å²) in [6, 6.07) is 18.6. The van der Waals surface area contributed by atoms with Gasteiger partial charge in [0.25, 0.3) is 0 Å². The van der Waals surface area contributed by atoms with Gasteiger partial charge in [0.2, 0.25) is 5.91 Å². The molecular formula is C22H28N3O3+. The number of hydrogen-bond donors (Lipinski definition) is 2. The Morgan fingerprint density at radius 2 is 1.57 bits per heavy atom. The molecule has 0 aromatic heterocycles. The van der Waals surface area contributed by atoms with E-state index in [1.807, 2.05) is 65.6 Å². The average molecular weight is 382 g/mol. The number of amides is 2. The minimum absolute atomic E-state index is 0.0481. The molecule has 28 heavy (non-hydrogen) atoms. The van der Waals surface area contributed by atoms with Crippen LogP contribution < -0.4 is 10.2 Å². The fraction of sp³-hybridized carbons (Fsp3) is 0.364. The molecule has 1 aliphatic heterocycles. The zero-order chi connectivity index (χ0) is 19.8. The van der Waals surface area contributed by atoms with E-state index >= 15 is 0 Å². The van der Waals surface area contributed by atoms with Crippen LogP contribution in [-0.4, -0.2) is 56.2 Å². The zero-order valence-corrected chi connectivity index (χ0v) is 16.3. The molecule has 2 amide bonds. The lowest BCUT2D eigenvalue weighted by molar-refractivity contribution is -0.883. The third-order valence-electron chi connectivity index (χ3n) is 5.01. The van der Waals surface area contributed by atoms with E-state index in [1.54, 1.807) is 0 Å². The number of carbonyl (C=O) groups is 2. The summed E-state index contributed by atoms with van der Waals surface area (Å²) >= 11 is 0. The van der Waals surface area contributed by atoms with Crippen molar-refractivity contribution in [3.05, 3.63) is 71.8 Å². The second-order valence-corrected chi connectivity index (χ2v) is 7.23. The highest BCUT2D eigenvalue weighted by Crippen LogP contribution is 2.08. The van der Waals surface area contributed by atoms with Crippen LogP contribution in [0.3, 0.4) is 0 Å². The predicted octanol–water partition coefficient (Wildman–Crippen LogP) is 0.881. The number of hydrogen-bond acceptors (Lipinski definition) is 3. The Labute approximate surface area is 166 Å². The van der Waals surface area contributed by atoms with Gasteiger partial charge in [0.05, 0.1) is 33.2 Å². The molecule has 0 unspecified atom stereocenters. The monoisotopic (exact) mass is 382 g/mol. The number of nitrogens with one attached hydrogen (secondary N) is 2. The SMILES string of the molecule is C[NH+]1CCN(C(=O)[C@H](Cc2ccccc2)NC(=O)OCc2ccccc2)CC1. The highest BCUT2D eigenvalue weighted by Gasteiger charge is 2.29. The van der Waals surface area contributed by atoms with Gasteiger partial charge >= 0.3 is 6.09 Å². The lowest BCUT2D eigenvalue weighted by Gasteiger charge is -2.32. The standard InChI is InChI=1S/C22H27N3O3/c1-24-12-14-25(15-13-24)21(26)20(16-18-8-4-2-5-9-18)23-22(27)28-17-19-10-6-3-7-11-19/h2-11,20H,12-17H2,1H3,(H,23,27)/p+1/t20-/m0/s1. The van der Waals surface area contributed by atoms with Gasteiger partial charge < -0.3 is 19.9 Å². The van der Waals surface area contributed by atoms with Gasteiger partial charge in [-0.05, 0) is 11.1 Å². The highest BCUT2D eigenvalue weighted by molar-refractivity contribution is 5.86. The molecule has 2 aromatic rings. The van der Waals surface area contributed by atoms with E-state index in [1.165, 1.54) is 4.90 Å². The van der Waals surface area contributed by atoms with Crippen LogP contribution in [0.2, 0.25) is 0 Å². The van der Waals surface area contributed by atoms with Gasteiger partial charge in [-0.1, -0.05) is 60.7 Å². The average Bonchev–Trinajstić information content (AvgIpc) is 2.73. The molecule has 2 N–H and O–H groups in total. The van der Waals surface area contributed by atoms with E-state index in [2.05, 4.69) is 12.4 Å². The van der Waals surface area contributed by atoms with Crippen molar-refractivity contribution in [1.82, 2.24) is 10.2 Å². The van der Waals surface area contributed by atoms with Gasteiger partial charge in [0.1, 0.15) is 12.6 Å². The van der Waals surface area contributed by atoms with E-state index in [0.29, 0.717) is 19.5 Å². The number of benzene rings is 2. The zero-order valence-electron chi connectivity index (χ0n) is 16.3. The summed E-state index contributed by atoms with van der Waals surface area (Å²) < 4.78 is 5.33. The molecule has 1 fully saturated rings. The van der Waals surface area contributed by atoms with Crippen molar-refractivity contribution < 1.29 is 19.2 Å². The molecule has 0 radical (unpaired) electrons. The van der Waals surface area contributed by atoms with Gasteiger partial charge in [-0.3, -0.25) is 4.79 Å². The summed E-state index contributed by atoms with van der Waals surface area (Å²) in [6.45, 7) is 3.43. The van der Waals surface area contributed by atoms with Gasteiger partial charge in [-0.15, -0.1) is 0 Å². The molecule has 1 aliphatic rings. The fourth-order valence-electron chi connectivity index (χ4n) is 3.29. The van der Waals surface area contributed by atoms with Crippen molar-refractivity contribution in [1.29, 1.82) is 0 Å². The van der Waals surface area contributed by atoms with Crippen molar-refractivity contribution in [3.8, 4) is 0 Å². The largest absolute Gasteiger partial charge is 0.445 e. The maximum absolute atomic E-state index is 13.1.